The second-order valence-corrected chi connectivity index (χ2v) is 3.67. The van der Waals surface area contributed by atoms with E-state index in [1.165, 1.54) is 6.26 Å². The quantitative estimate of drug-likeness (QED) is 0.661. The van der Waals surface area contributed by atoms with Gasteiger partial charge in [0.1, 0.15) is 12.0 Å². The summed E-state index contributed by atoms with van der Waals surface area (Å²) in [6, 6.07) is 6.24. The molecule has 18 heavy (non-hydrogen) atoms. The molecule has 1 N–H and O–H groups in total. The van der Waals surface area contributed by atoms with Crippen molar-refractivity contribution in [3.63, 3.8) is 0 Å². The summed E-state index contributed by atoms with van der Waals surface area (Å²) >= 11 is 0. The van der Waals surface area contributed by atoms with Gasteiger partial charge in [-0.05, 0) is 18.1 Å². The van der Waals surface area contributed by atoms with Crippen LogP contribution in [-0.2, 0) is 6.42 Å². The van der Waals surface area contributed by atoms with Gasteiger partial charge >= 0.3 is 0 Å². The highest BCUT2D eigenvalue weighted by atomic mass is 16.5. The van der Waals surface area contributed by atoms with Crippen molar-refractivity contribution in [3.05, 3.63) is 30.2 Å². The van der Waals surface area contributed by atoms with Crippen LogP contribution in [0.1, 0.15) is 12.5 Å². The molecule has 0 atom stereocenters. The van der Waals surface area contributed by atoms with Crippen molar-refractivity contribution in [1.82, 2.24) is 4.98 Å². The van der Waals surface area contributed by atoms with Gasteiger partial charge in [-0.15, -0.1) is 0 Å². The Morgan fingerprint density at radius 2 is 2.33 bits per heavy atom. The Bertz CT molecular complexity index is 568. The zero-order valence-electron chi connectivity index (χ0n) is 10.4. The molecule has 1 heterocycles. The van der Waals surface area contributed by atoms with Crippen LogP contribution in [0.3, 0.4) is 0 Å². The summed E-state index contributed by atoms with van der Waals surface area (Å²) in [5.41, 5.74) is 2.65. The number of nitrogens with one attached hydrogen (secondary N) is 1. The molecule has 0 bridgehead atoms. The van der Waals surface area contributed by atoms with E-state index >= 15 is 0 Å². The van der Waals surface area contributed by atoms with Gasteiger partial charge in [0.2, 0.25) is 5.89 Å². The van der Waals surface area contributed by atoms with Crippen molar-refractivity contribution in [3.8, 4) is 29.7 Å². The normalized spacial score (nSPS) is 9.83. The Morgan fingerprint density at radius 1 is 1.50 bits per heavy atom. The number of terminal acetylenes is 1. The van der Waals surface area contributed by atoms with Gasteiger partial charge in [0, 0.05) is 12.1 Å². The third-order valence-corrected chi connectivity index (χ3v) is 2.67. The van der Waals surface area contributed by atoms with E-state index in [2.05, 4.69) is 23.3 Å². The van der Waals surface area contributed by atoms with Crippen LogP contribution in [-0.4, -0.2) is 12.1 Å². The van der Waals surface area contributed by atoms with Gasteiger partial charge in [0.25, 0.3) is 0 Å². The van der Waals surface area contributed by atoms with Gasteiger partial charge in [-0.2, -0.15) is 0 Å². The number of aryl methyl sites for hydroxylation is 1. The first-order valence-electron chi connectivity index (χ1n) is 5.62. The van der Waals surface area contributed by atoms with Gasteiger partial charge in [-0.1, -0.05) is 13.3 Å². The molecule has 4 heteroatoms. The van der Waals surface area contributed by atoms with Crippen molar-refractivity contribution in [2.75, 3.05) is 12.4 Å². The maximum Gasteiger partial charge on any atom is 0.228 e. The molecule has 0 radical (unpaired) electrons. The molecule has 92 valence electrons. The van der Waals surface area contributed by atoms with Gasteiger partial charge in [0.15, 0.2) is 0 Å². The molecule has 4 nitrogen and oxygen atoms in total. The maximum atomic E-state index is 5.34. The largest absolute Gasteiger partial charge is 0.496 e. The fourth-order valence-corrected chi connectivity index (χ4v) is 1.81. The molecule has 0 aliphatic heterocycles. The fourth-order valence-electron chi connectivity index (χ4n) is 1.81. The molecule has 0 fully saturated rings. The number of nitrogens with zero attached hydrogens (tertiary/aromatic N) is 1. The van der Waals surface area contributed by atoms with E-state index in [-0.39, 0.29) is 0 Å². The molecule has 2 rings (SSSR count). The highest BCUT2D eigenvalue weighted by Gasteiger charge is 2.13. The van der Waals surface area contributed by atoms with Crippen molar-refractivity contribution >= 4 is 5.69 Å². The highest BCUT2D eigenvalue weighted by Crippen LogP contribution is 2.33. The van der Waals surface area contributed by atoms with E-state index in [0.29, 0.717) is 5.89 Å². The summed E-state index contributed by atoms with van der Waals surface area (Å²) in [5, 5.41) is 2.84. The molecule has 1 aromatic carbocycles. The predicted molar refractivity (Wildman–Crippen MR) is 70.3 cm³/mol. The lowest BCUT2D eigenvalue weighted by molar-refractivity contribution is 0.410. The zero-order valence-corrected chi connectivity index (χ0v) is 10.4. The van der Waals surface area contributed by atoms with E-state index in [1.807, 2.05) is 12.1 Å². The molecule has 0 saturated carbocycles. The topological polar surface area (TPSA) is 47.3 Å². The number of aromatic nitrogens is 1. The summed E-state index contributed by atoms with van der Waals surface area (Å²) in [6.07, 6.45) is 9.28. The van der Waals surface area contributed by atoms with Crippen LogP contribution in [0.4, 0.5) is 5.69 Å². The average molecular weight is 242 g/mol. The Morgan fingerprint density at radius 3 is 2.89 bits per heavy atom. The van der Waals surface area contributed by atoms with Crippen LogP contribution in [0.25, 0.3) is 11.5 Å². The monoisotopic (exact) mass is 242 g/mol. The van der Waals surface area contributed by atoms with Crippen LogP contribution in [0.5, 0.6) is 5.75 Å². The number of hydrogen-bond acceptors (Lipinski definition) is 4. The SMILES string of the molecule is C#CNc1cc(OC)c(CC)cc1-c1ncco1. The first kappa shape index (κ1) is 12.1. The summed E-state index contributed by atoms with van der Waals surface area (Å²) < 4.78 is 10.7. The molecule has 0 aliphatic carbocycles. The molecule has 1 aromatic heterocycles. The van der Waals surface area contributed by atoms with Crippen molar-refractivity contribution in [2.24, 2.45) is 0 Å². The lowest BCUT2D eigenvalue weighted by Gasteiger charge is -2.12. The summed E-state index contributed by atoms with van der Waals surface area (Å²) in [4.78, 5) is 4.14. The number of methoxy groups -OCH3 is 1. The number of rotatable bonds is 4. The number of hydrogen-bond donors (Lipinski definition) is 1. The number of oxazole rings is 1. The highest BCUT2D eigenvalue weighted by molar-refractivity contribution is 5.76. The number of benzene rings is 1. The number of anilines is 1. The van der Waals surface area contributed by atoms with Gasteiger partial charge in [0.05, 0.1) is 24.6 Å². The van der Waals surface area contributed by atoms with E-state index < -0.39 is 0 Å². The summed E-state index contributed by atoms with van der Waals surface area (Å²) in [5.74, 6) is 1.33. The summed E-state index contributed by atoms with van der Waals surface area (Å²) in [7, 11) is 1.64. The third-order valence-electron chi connectivity index (χ3n) is 2.67. The van der Waals surface area contributed by atoms with Gasteiger partial charge < -0.3 is 14.5 Å². The lowest BCUT2D eigenvalue weighted by Crippen LogP contribution is -1.97. The molecular formula is C14H14N2O2. The first-order chi connectivity index (χ1) is 8.80. The maximum absolute atomic E-state index is 5.34. The molecule has 0 aliphatic rings. The van der Waals surface area contributed by atoms with Crippen molar-refractivity contribution in [1.29, 1.82) is 0 Å². The molecule has 0 amide bonds. The van der Waals surface area contributed by atoms with Gasteiger partial charge in [-0.25, -0.2) is 4.98 Å². The third kappa shape index (κ3) is 2.16. The van der Waals surface area contributed by atoms with Crippen LogP contribution < -0.4 is 10.1 Å². The Balaban J connectivity index is 2.59. The standard InChI is InChI=1S/C14H14N2O2/c1-4-10-8-11(14-16-6-7-18-14)12(15-5-2)9-13(10)17-3/h2,6-9,15H,4H2,1,3H3. The van der Waals surface area contributed by atoms with E-state index in [1.54, 1.807) is 13.3 Å². The van der Waals surface area contributed by atoms with Crippen LogP contribution in [0, 0.1) is 12.5 Å². The predicted octanol–water partition coefficient (Wildman–Crippen LogP) is 2.92. The fraction of sp³-hybridized carbons (Fsp3) is 0.214. The van der Waals surface area contributed by atoms with Crippen LogP contribution >= 0.6 is 0 Å². The second-order valence-electron chi connectivity index (χ2n) is 3.67. The lowest BCUT2D eigenvalue weighted by atomic mass is 10.0. The van der Waals surface area contributed by atoms with Gasteiger partial charge in [-0.3, -0.25) is 0 Å². The Hall–Kier alpha value is -2.41. The van der Waals surface area contributed by atoms with E-state index in [9.17, 15) is 0 Å². The molecule has 0 spiro atoms. The smallest absolute Gasteiger partial charge is 0.228 e. The van der Waals surface area contributed by atoms with Crippen LogP contribution in [0.2, 0.25) is 0 Å². The van der Waals surface area contributed by atoms with Crippen molar-refractivity contribution in [2.45, 2.75) is 13.3 Å². The Kier molecular flexibility index (Phi) is 3.54. The minimum absolute atomic E-state index is 0.533. The number of ether oxygens (including phenoxy) is 1. The zero-order chi connectivity index (χ0) is 13.0. The second kappa shape index (κ2) is 5.28. The molecule has 2 aromatic rings. The Labute approximate surface area is 106 Å². The van der Waals surface area contributed by atoms with Crippen LogP contribution in [0.15, 0.2) is 29.0 Å². The van der Waals surface area contributed by atoms with E-state index in [4.69, 9.17) is 15.6 Å². The van der Waals surface area contributed by atoms with E-state index in [0.717, 1.165) is 29.0 Å². The summed E-state index contributed by atoms with van der Waals surface area (Å²) in [6.45, 7) is 2.06. The molecular weight excluding hydrogens is 228 g/mol. The average Bonchev–Trinajstić information content (AvgIpc) is 2.92. The first-order valence-corrected chi connectivity index (χ1v) is 5.62. The van der Waals surface area contributed by atoms with Crippen molar-refractivity contribution < 1.29 is 9.15 Å². The molecule has 0 saturated heterocycles. The minimum atomic E-state index is 0.533. The molecule has 0 unspecified atom stereocenters. The minimum Gasteiger partial charge on any atom is -0.496 e.